The number of carbonyl (C=O) groups is 1. The molecule has 0 aliphatic carbocycles. The summed E-state index contributed by atoms with van der Waals surface area (Å²) in [5, 5.41) is 0. The van der Waals surface area contributed by atoms with E-state index in [2.05, 4.69) is 0 Å². The Hall–Kier alpha value is -0.260. The standard InChI is InChI=1S/C5H5NOTe/c6-5(7)4-2-1-3-8-4/h1-3H,(H2,6,7). The van der Waals surface area contributed by atoms with E-state index in [0.717, 1.165) is 3.58 Å². The van der Waals surface area contributed by atoms with Crippen LogP contribution in [0.1, 0.15) is 8.37 Å². The number of hydrogen-bond acceptors (Lipinski definition) is 1. The van der Waals surface area contributed by atoms with Gasteiger partial charge in [-0.1, -0.05) is 0 Å². The van der Waals surface area contributed by atoms with Crippen LogP contribution in [-0.4, -0.2) is 26.3 Å². The molecule has 0 saturated heterocycles. The summed E-state index contributed by atoms with van der Waals surface area (Å²) in [5.41, 5.74) is 4.98. The molecule has 8 heavy (non-hydrogen) atoms. The van der Waals surface area contributed by atoms with Crippen LogP contribution in [0.5, 0.6) is 0 Å². The monoisotopic (exact) mass is 225 g/mol. The summed E-state index contributed by atoms with van der Waals surface area (Å²) in [4.78, 5) is 10.3. The topological polar surface area (TPSA) is 43.1 Å². The Kier molecular flexibility index (Phi) is 1.72. The number of amides is 1. The second kappa shape index (κ2) is 2.34. The Morgan fingerprint density at radius 2 is 2.50 bits per heavy atom. The van der Waals surface area contributed by atoms with Crippen molar-refractivity contribution >= 4 is 26.3 Å². The van der Waals surface area contributed by atoms with Gasteiger partial charge in [-0.15, -0.1) is 0 Å². The van der Waals surface area contributed by atoms with E-state index in [-0.39, 0.29) is 26.3 Å². The summed E-state index contributed by atoms with van der Waals surface area (Å²) >= 11 is -0.315. The molecule has 3 heteroatoms. The predicted molar refractivity (Wildman–Crippen MR) is 31.9 cm³/mol. The van der Waals surface area contributed by atoms with E-state index in [1.165, 1.54) is 0 Å². The van der Waals surface area contributed by atoms with Crippen molar-refractivity contribution in [2.24, 2.45) is 5.73 Å². The molecule has 0 atom stereocenters. The van der Waals surface area contributed by atoms with Gasteiger partial charge in [-0.2, -0.15) is 0 Å². The van der Waals surface area contributed by atoms with E-state index in [1.54, 1.807) is 6.07 Å². The summed E-state index contributed by atoms with van der Waals surface area (Å²) < 4.78 is 2.86. The third-order valence-corrected chi connectivity index (χ3v) is 3.29. The molecule has 1 amide bonds. The van der Waals surface area contributed by atoms with Crippen molar-refractivity contribution in [3.8, 4) is 0 Å². The molecule has 1 heterocycles. The Morgan fingerprint density at radius 1 is 1.75 bits per heavy atom. The number of primary amides is 1. The second-order valence-corrected chi connectivity index (χ2v) is 4.05. The maximum absolute atomic E-state index is 10.3. The van der Waals surface area contributed by atoms with Crippen LogP contribution in [0.3, 0.4) is 0 Å². The van der Waals surface area contributed by atoms with E-state index in [0.29, 0.717) is 0 Å². The fraction of sp³-hybridized carbons (Fsp3) is 0. The normalized spacial score (nSPS) is 9.00. The zero-order valence-electron chi connectivity index (χ0n) is 4.13. The van der Waals surface area contributed by atoms with Crippen LogP contribution in [0.2, 0.25) is 0 Å². The molecule has 0 fully saturated rings. The molecule has 0 radical (unpaired) electrons. The molecule has 2 N–H and O–H groups in total. The summed E-state index contributed by atoms with van der Waals surface area (Å²) in [6.07, 6.45) is 0. The molecule has 42 valence electrons. The summed E-state index contributed by atoms with van der Waals surface area (Å²) in [5.74, 6) is -0.252. The van der Waals surface area contributed by atoms with Gasteiger partial charge in [0.2, 0.25) is 0 Å². The van der Waals surface area contributed by atoms with Crippen LogP contribution in [0.25, 0.3) is 0 Å². The SMILES string of the molecule is NC(=O)c1ccc[te]1. The average molecular weight is 223 g/mol. The first-order valence-electron chi connectivity index (χ1n) is 2.14. The first-order chi connectivity index (χ1) is 3.80. The van der Waals surface area contributed by atoms with Gasteiger partial charge in [0, 0.05) is 0 Å². The molecule has 1 aromatic heterocycles. The summed E-state index contributed by atoms with van der Waals surface area (Å²) in [6, 6.07) is 3.69. The van der Waals surface area contributed by atoms with Crippen molar-refractivity contribution in [3.63, 3.8) is 0 Å². The molecule has 1 aromatic rings. The summed E-state index contributed by atoms with van der Waals surface area (Å²) in [6.45, 7) is 0. The van der Waals surface area contributed by atoms with Crippen LogP contribution in [-0.2, 0) is 0 Å². The Bertz CT molecular complexity index is 180. The average Bonchev–Trinajstić information content (AvgIpc) is 2.12. The number of carbonyl (C=O) groups excluding carboxylic acids is 1. The zero-order valence-corrected chi connectivity index (χ0v) is 6.46. The third-order valence-electron chi connectivity index (χ3n) is 0.764. The number of hydrogen-bond donors (Lipinski definition) is 1. The van der Waals surface area contributed by atoms with Crippen LogP contribution in [0.15, 0.2) is 16.2 Å². The van der Waals surface area contributed by atoms with Crippen molar-refractivity contribution in [2.45, 2.75) is 0 Å². The Balaban J connectivity index is 2.93. The van der Waals surface area contributed by atoms with Crippen molar-refractivity contribution < 1.29 is 4.79 Å². The van der Waals surface area contributed by atoms with Gasteiger partial charge in [0.15, 0.2) is 0 Å². The van der Waals surface area contributed by atoms with E-state index in [9.17, 15) is 4.79 Å². The molecule has 2 nitrogen and oxygen atoms in total. The molecule has 0 saturated carbocycles. The zero-order chi connectivity index (χ0) is 5.98. The molecule has 0 unspecified atom stereocenters. The van der Waals surface area contributed by atoms with Gasteiger partial charge in [-0.25, -0.2) is 0 Å². The molecule has 0 aromatic carbocycles. The van der Waals surface area contributed by atoms with Crippen molar-refractivity contribution in [2.75, 3.05) is 0 Å². The van der Waals surface area contributed by atoms with Crippen molar-refractivity contribution in [1.29, 1.82) is 0 Å². The van der Waals surface area contributed by atoms with Crippen molar-refractivity contribution in [3.05, 3.63) is 19.8 Å². The molecule has 1 rings (SSSR count). The van der Waals surface area contributed by atoms with E-state index < -0.39 is 0 Å². The van der Waals surface area contributed by atoms with Gasteiger partial charge < -0.3 is 0 Å². The van der Waals surface area contributed by atoms with Gasteiger partial charge in [-0.3, -0.25) is 0 Å². The van der Waals surface area contributed by atoms with Crippen LogP contribution < -0.4 is 5.73 Å². The van der Waals surface area contributed by atoms with E-state index in [1.807, 2.05) is 10.1 Å². The first-order valence-corrected chi connectivity index (χ1v) is 4.65. The Labute approximate surface area is 56.9 Å². The van der Waals surface area contributed by atoms with Gasteiger partial charge in [0.1, 0.15) is 0 Å². The Morgan fingerprint density at radius 3 is 2.75 bits per heavy atom. The maximum atomic E-state index is 10.3. The van der Waals surface area contributed by atoms with Crippen LogP contribution in [0, 0.1) is 0 Å². The second-order valence-electron chi connectivity index (χ2n) is 1.34. The molecule has 0 bridgehead atoms. The number of rotatable bonds is 1. The van der Waals surface area contributed by atoms with Crippen molar-refractivity contribution in [1.82, 2.24) is 0 Å². The minimum atomic E-state index is -0.315. The van der Waals surface area contributed by atoms with E-state index >= 15 is 0 Å². The predicted octanol–water partition coefficient (Wildman–Crippen LogP) is -0.157. The minimum absolute atomic E-state index is 0.252. The first kappa shape index (κ1) is 5.87. The molecular weight excluding hydrogens is 218 g/mol. The van der Waals surface area contributed by atoms with Gasteiger partial charge in [-0.05, 0) is 0 Å². The molecular formula is C5H5NOTe. The summed E-state index contributed by atoms with van der Waals surface area (Å²) in [7, 11) is 0. The molecule has 0 aliphatic heterocycles. The quantitative estimate of drug-likeness (QED) is 0.660. The molecule has 0 spiro atoms. The van der Waals surface area contributed by atoms with Gasteiger partial charge in [0.25, 0.3) is 0 Å². The van der Waals surface area contributed by atoms with Gasteiger partial charge >= 0.3 is 56.7 Å². The fourth-order valence-electron chi connectivity index (χ4n) is 0.419. The van der Waals surface area contributed by atoms with Crippen LogP contribution in [0.4, 0.5) is 0 Å². The fourth-order valence-corrected chi connectivity index (χ4v) is 2.07. The van der Waals surface area contributed by atoms with Crippen LogP contribution >= 0.6 is 0 Å². The van der Waals surface area contributed by atoms with Gasteiger partial charge in [0.05, 0.1) is 0 Å². The molecule has 0 aliphatic rings. The third kappa shape index (κ3) is 1.12. The number of nitrogens with two attached hydrogens (primary N) is 1. The van der Waals surface area contributed by atoms with E-state index in [4.69, 9.17) is 5.73 Å².